The Hall–Kier alpha value is -0.220. The van der Waals surface area contributed by atoms with Crippen LogP contribution in [0.5, 0.6) is 0 Å². The van der Waals surface area contributed by atoms with Gasteiger partial charge in [0.25, 0.3) is 0 Å². The fourth-order valence-electron chi connectivity index (χ4n) is 2.60. The van der Waals surface area contributed by atoms with Gasteiger partial charge in [0.15, 0.2) is 0 Å². The standard InChI is InChI=1S/C13H16ClF3S/c14-12(8-11-2-1-7-18-11)9-3-5-10(6-4-9)13(15,16)17/h1-2,7,9-10,12H,3-6,8H2. The summed E-state index contributed by atoms with van der Waals surface area (Å²) in [5.41, 5.74) is 0. The maximum absolute atomic E-state index is 12.5. The fourth-order valence-corrected chi connectivity index (χ4v) is 3.87. The average Bonchev–Trinajstić information content (AvgIpc) is 2.81. The molecule has 0 spiro atoms. The van der Waals surface area contributed by atoms with E-state index in [-0.39, 0.29) is 24.1 Å². The van der Waals surface area contributed by atoms with Gasteiger partial charge in [-0.05, 0) is 49.5 Å². The maximum atomic E-state index is 12.5. The molecule has 2 rings (SSSR count). The molecule has 0 aromatic carbocycles. The first-order valence-electron chi connectivity index (χ1n) is 6.20. The highest BCUT2D eigenvalue weighted by atomic mass is 35.5. The molecule has 0 N–H and O–H groups in total. The van der Waals surface area contributed by atoms with Crippen LogP contribution in [0.25, 0.3) is 0 Å². The fraction of sp³-hybridized carbons (Fsp3) is 0.692. The molecule has 0 nitrogen and oxygen atoms in total. The minimum absolute atomic E-state index is 0.0298. The van der Waals surface area contributed by atoms with Crippen molar-refractivity contribution < 1.29 is 13.2 Å². The summed E-state index contributed by atoms with van der Waals surface area (Å²) in [6, 6.07) is 4.01. The number of alkyl halides is 4. The molecule has 0 aliphatic heterocycles. The summed E-state index contributed by atoms with van der Waals surface area (Å²) in [5, 5.41) is 1.97. The average molecular weight is 297 g/mol. The first-order valence-corrected chi connectivity index (χ1v) is 7.51. The third-order valence-corrected chi connectivity index (χ3v) is 5.13. The Bertz CT molecular complexity index is 353. The number of rotatable bonds is 3. The van der Waals surface area contributed by atoms with E-state index in [2.05, 4.69) is 0 Å². The molecule has 0 amide bonds. The molecule has 18 heavy (non-hydrogen) atoms. The molecule has 0 bridgehead atoms. The predicted molar refractivity (Wildman–Crippen MR) is 69.2 cm³/mol. The summed E-state index contributed by atoms with van der Waals surface area (Å²) in [6.07, 6.45) is -1.57. The number of halogens is 4. The van der Waals surface area contributed by atoms with Gasteiger partial charge >= 0.3 is 6.18 Å². The lowest BCUT2D eigenvalue weighted by Crippen LogP contribution is -2.31. The van der Waals surface area contributed by atoms with Gasteiger partial charge in [-0.1, -0.05) is 6.07 Å². The number of hydrogen-bond donors (Lipinski definition) is 0. The molecule has 102 valence electrons. The van der Waals surface area contributed by atoms with Gasteiger partial charge in [-0.15, -0.1) is 22.9 Å². The quantitative estimate of drug-likeness (QED) is 0.667. The van der Waals surface area contributed by atoms with E-state index < -0.39 is 12.1 Å². The Labute approximate surface area is 114 Å². The zero-order valence-corrected chi connectivity index (χ0v) is 11.5. The molecule has 1 aliphatic rings. The van der Waals surface area contributed by atoms with E-state index in [4.69, 9.17) is 11.6 Å². The van der Waals surface area contributed by atoms with Gasteiger partial charge in [-0.2, -0.15) is 13.2 Å². The van der Waals surface area contributed by atoms with Crippen molar-refractivity contribution in [2.75, 3.05) is 0 Å². The van der Waals surface area contributed by atoms with Crippen LogP contribution in [0.4, 0.5) is 13.2 Å². The highest BCUT2D eigenvalue weighted by Crippen LogP contribution is 2.41. The molecule has 1 aliphatic carbocycles. The van der Waals surface area contributed by atoms with Crippen molar-refractivity contribution in [2.24, 2.45) is 11.8 Å². The predicted octanol–water partition coefficient (Wildman–Crippen LogP) is 5.27. The van der Waals surface area contributed by atoms with E-state index in [1.807, 2.05) is 17.5 Å². The Morgan fingerprint density at radius 3 is 2.44 bits per heavy atom. The number of hydrogen-bond acceptors (Lipinski definition) is 1. The Morgan fingerprint density at radius 1 is 1.28 bits per heavy atom. The van der Waals surface area contributed by atoms with Gasteiger partial charge in [0, 0.05) is 10.3 Å². The molecular weight excluding hydrogens is 281 g/mol. The van der Waals surface area contributed by atoms with Crippen LogP contribution in [0.3, 0.4) is 0 Å². The van der Waals surface area contributed by atoms with Crippen molar-refractivity contribution in [1.29, 1.82) is 0 Å². The summed E-state index contributed by atoms with van der Waals surface area (Å²) in [6.45, 7) is 0. The second kappa shape index (κ2) is 5.83. The van der Waals surface area contributed by atoms with E-state index in [0.29, 0.717) is 12.8 Å². The van der Waals surface area contributed by atoms with Crippen LogP contribution in [0, 0.1) is 11.8 Å². The highest BCUT2D eigenvalue weighted by Gasteiger charge is 2.42. The van der Waals surface area contributed by atoms with Crippen LogP contribution in [-0.2, 0) is 6.42 Å². The van der Waals surface area contributed by atoms with Crippen LogP contribution >= 0.6 is 22.9 Å². The smallest absolute Gasteiger partial charge is 0.171 e. The van der Waals surface area contributed by atoms with Crippen LogP contribution in [0.15, 0.2) is 17.5 Å². The highest BCUT2D eigenvalue weighted by molar-refractivity contribution is 7.09. The molecule has 1 unspecified atom stereocenters. The molecule has 1 saturated carbocycles. The molecule has 1 heterocycles. The molecule has 1 atom stereocenters. The second-order valence-corrected chi connectivity index (χ2v) is 6.55. The van der Waals surface area contributed by atoms with Crippen molar-refractivity contribution in [2.45, 2.75) is 43.7 Å². The lowest BCUT2D eigenvalue weighted by atomic mass is 9.79. The van der Waals surface area contributed by atoms with Gasteiger partial charge in [0.2, 0.25) is 0 Å². The topological polar surface area (TPSA) is 0 Å². The molecule has 1 fully saturated rings. The van der Waals surface area contributed by atoms with Gasteiger partial charge < -0.3 is 0 Å². The SMILES string of the molecule is FC(F)(F)C1CCC(C(Cl)Cc2cccs2)CC1. The van der Waals surface area contributed by atoms with Crippen LogP contribution in [0.1, 0.15) is 30.6 Å². The normalized spacial score (nSPS) is 27.1. The van der Waals surface area contributed by atoms with Gasteiger partial charge in [0.1, 0.15) is 0 Å². The largest absolute Gasteiger partial charge is 0.391 e. The van der Waals surface area contributed by atoms with Gasteiger partial charge in [-0.25, -0.2) is 0 Å². The first kappa shape index (κ1) is 14.2. The first-order chi connectivity index (χ1) is 8.47. The van der Waals surface area contributed by atoms with Gasteiger partial charge in [0.05, 0.1) is 5.92 Å². The number of thiophene rings is 1. The summed E-state index contributed by atoms with van der Waals surface area (Å²) < 4.78 is 37.6. The van der Waals surface area contributed by atoms with Crippen LogP contribution in [-0.4, -0.2) is 11.6 Å². The Balaban J connectivity index is 1.82. The summed E-state index contributed by atoms with van der Waals surface area (Å²) in [5.74, 6) is -0.883. The van der Waals surface area contributed by atoms with Crippen molar-refractivity contribution in [1.82, 2.24) is 0 Å². The zero-order chi connectivity index (χ0) is 13.2. The van der Waals surface area contributed by atoms with Crippen molar-refractivity contribution in [3.63, 3.8) is 0 Å². The van der Waals surface area contributed by atoms with E-state index in [1.54, 1.807) is 11.3 Å². The monoisotopic (exact) mass is 296 g/mol. The summed E-state index contributed by atoms with van der Waals surface area (Å²) in [7, 11) is 0. The maximum Gasteiger partial charge on any atom is 0.391 e. The Morgan fingerprint density at radius 2 is 1.94 bits per heavy atom. The molecule has 0 radical (unpaired) electrons. The van der Waals surface area contributed by atoms with Crippen molar-refractivity contribution in [3.8, 4) is 0 Å². The van der Waals surface area contributed by atoms with Crippen LogP contribution < -0.4 is 0 Å². The minimum atomic E-state index is -4.03. The lowest BCUT2D eigenvalue weighted by Gasteiger charge is -2.32. The third-order valence-electron chi connectivity index (χ3n) is 3.72. The molecular formula is C13H16ClF3S. The molecule has 5 heteroatoms. The van der Waals surface area contributed by atoms with Crippen molar-refractivity contribution >= 4 is 22.9 Å². The van der Waals surface area contributed by atoms with E-state index in [1.165, 1.54) is 4.88 Å². The molecule has 1 aromatic heterocycles. The second-order valence-electron chi connectivity index (χ2n) is 4.95. The van der Waals surface area contributed by atoms with Gasteiger partial charge in [-0.3, -0.25) is 0 Å². The van der Waals surface area contributed by atoms with Crippen molar-refractivity contribution in [3.05, 3.63) is 22.4 Å². The minimum Gasteiger partial charge on any atom is -0.171 e. The van der Waals surface area contributed by atoms with Crippen LogP contribution in [0.2, 0.25) is 0 Å². The molecule has 0 saturated heterocycles. The summed E-state index contributed by atoms with van der Waals surface area (Å²) in [4.78, 5) is 1.22. The summed E-state index contributed by atoms with van der Waals surface area (Å²) >= 11 is 7.99. The third kappa shape index (κ3) is 3.64. The van der Waals surface area contributed by atoms with E-state index in [9.17, 15) is 13.2 Å². The lowest BCUT2D eigenvalue weighted by molar-refractivity contribution is -0.183. The zero-order valence-electron chi connectivity index (χ0n) is 9.92. The Kier molecular flexibility index (Phi) is 4.59. The molecule has 1 aromatic rings. The van der Waals surface area contributed by atoms with E-state index >= 15 is 0 Å². The van der Waals surface area contributed by atoms with E-state index in [0.717, 1.165) is 6.42 Å².